The summed E-state index contributed by atoms with van der Waals surface area (Å²) in [4.78, 5) is 26.0. The van der Waals surface area contributed by atoms with Crippen molar-refractivity contribution in [3.63, 3.8) is 0 Å². The van der Waals surface area contributed by atoms with E-state index in [9.17, 15) is 18.4 Å². The molecule has 1 heterocycles. The quantitative estimate of drug-likeness (QED) is 0.513. The van der Waals surface area contributed by atoms with Crippen LogP contribution in [0.2, 0.25) is 5.02 Å². The van der Waals surface area contributed by atoms with E-state index in [1.54, 1.807) is 30.3 Å². The summed E-state index contributed by atoms with van der Waals surface area (Å²) in [6.45, 7) is 0. The van der Waals surface area contributed by atoms with E-state index in [4.69, 9.17) is 11.6 Å². The summed E-state index contributed by atoms with van der Waals surface area (Å²) in [5.41, 5.74) is -0.935. The van der Waals surface area contributed by atoms with Crippen LogP contribution in [0.15, 0.2) is 71.5 Å². The molecule has 27 heavy (non-hydrogen) atoms. The van der Waals surface area contributed by atoms with E-state index >= 15 is 0 Å². The third-order valence-corrected chi connectivity index (χ3v) is 4.52. The number of rotatable bonds is 2. The fourth-order valence-corrected chi connectivity index (χ4v) is 3.28. The van der Waals surface area contributed by atoms with Crippen LogP contribution < -0.4 is 5.69 Å². The number of hydrogen-bond acceptors (Lipinski definition) is 2. The van der Waals surface area contributed by atoms with Crippen LogP contribution in [0.5, 0.6) is 0 Å². The molecule has 134 valence electrons. The van der Waals surface area contributed by atoms with Crippen molar-refractivity contribution in [2.75, 3.05) is 0 Å². The van der Waals surface area contributed by atoms with Crippen molar-refractivity contribution in [3.05, 3.63) is 99.4 Å². The zero-order valence-corrected chi connectivity index (χ0v) is 14.5. The van der Waals surface area contributed by atoms with E-state index in [1.807, 2.05) is 0 Å². The van der Waals surface area contributed by atoms with Crippen LogP contribution in [-0.4, -0.2) is 15.0 Å². The van der Waals surface area contributed by atoms with Gasteiger partial charge in [-0.15, -0.1) is 0 Å². The minimum atomic E-state index is -0.964. The number of halogens is 3. The summed E-state index contributed by atoms with van der Waals surface area (Å²) in [6.07, 6.45) is 0. The Bertz CT molecular complexity index is 1230. The lowest BCUT2D eigenvalue weighted by molar-refractivity contribution is 0.0956. The molecular weight excluding hydrogens is 374 g/mol. The lowest BCUT2D eigenvalue weighted by Gasteiger charge is -2.05. The SMILES string of the molecule is O=C(c1c(F)cccc1Cl)n1c(=O)n(-c2ccccc2)c2c(F)cccc21. The van der Waals surface area contributed by atoms with E-state index in [0.717, 1.165) is 15.2 Å². The van der Waals surface area contributed by atoms with E-state index in [1.165, 1.54) is 30.3 Å². The number of carbonyl (C=O) groups excluding carboxylic acids is 1. The topological polar surface area (TPSA) is 44.0 Å². The fraction of sp³-hybridized carbons (Fsp3) is 0. The number of hydrogen-bond donors (Lipinski definition) is 0. The van der Waals surface area contributed by atoms with Gasteiger partial charge in [0.2, 0.25) is 0 Å². The van der Waals surface area contributed by atoms with Crippen molar-refractivity contribution in [2.45, 2.75) is 0 Å². The zero-order chi connectivity index (χ0) is 19.1. The Hall–Kier alpha value is -3.25. The van der Waals surface area contributed by atoms with Crippen LogP contribution in [-0.2, 0) is 0 Å². The maximum atomic E-state index is 14.6. The largest absolute Gasteiger partial charge is 0.340 e. The molecule has 0 amide bonds. The molecule has 3 aromatic carbocycles. The van der Waals surface area contributed by atoms with Crippen LogP contribution in [0, 0.1) is 11.6 Å². The Labute approximate surface area is 156 Å². The highest BCUT2D eigenvalue weighted by atomic mass is 35.5. The molecule has 0 atom stereocenters. The summed E-state index contributed by atoms with van der Waals surface area (Å²) in [6, 6.07) is 16.1. The van der Waals surface area contributed by atoms with Gasteiger partial charge in [0.15, 0.2) is 0 Å². The van der Waals surface area contributed by atoms with Gasteiger partial charge < -0.3 is 0 Å². The van der Waals surface area contributed by atoms with E-state index < -0.39 is 28.8 Å². The minimum Gasteiger partial charge on any atom is -0.268 e. The van der Waals surface area contributed by atoms with Crippen LogP contribution in [0.25, 0.3) is 16.7 Å². The second kappa shape index (κ2) is 6.48. The smallest absolute Gasteiger partial charge is 0.268 e. The Balaban J connectivity index is 2.09. The molecule has 0 bridgehead atoms. The number of nitrogens with zero attached hydrogens (tertiary/aromatic N) is 2. The normalized spacial score (nSPS) is 11.1. The first kappa shape index (κ1) is 17.2. The van der Waals surface area contributed by atoms with Gasteiger partial charge in [0.05, 0.1) is 21.8 Å². The highest BCUT2D eigenvalue weighted by molar-refractivity contribution is 6.34. The molecule has 0 aliphatic carbocycles. The van der Waals surface area contributed by atoms with Gasteiger partial charge in [-0.3, -0.25) is 9.36 Å². The van der Waals surface area contributed by atoms with Gasteiger partial charge in [0.1, 0.15) is 17.2 Å². The third kappa shape index (κ3) is 2.65. The van der Waals surface area contributed by atoms with E-state index in [2.05, 4.69) is 0 Å². The Morgan fingerprint density at radius 3 is 2.22 bits per heavy atom. The molecule has 0 unspecified atom stereocenters. The Morgan fingerprint density at radius 1 is 0.852 bits per heavy atom. The molecule has 0 fully saturated rings. The van der Waals surface area contributed by atoms with Crippen molar-refractivity contribution in [1.29, 1.82) is 0 Å². The van der Waals surface area contributed by atoms with Crippen molar-refractivity contribution < 1.29 is 13.6 Å². The van der Waals surface area contributed by atoms with Gasteiger partial charge in [0, 0.05) is 0 Å². The molecule has 0 aliphatic heterocycles. The molecule has 0 saturated heterocycles. The molecule has 4 nitrogen and oxygen atoms in total. The summed E-state index contributed by atoms with van der Waals surface area (Å²) in [7, 11) is 0. The minimum absolute atomic E-state index is 0.0215. The molecule has 7 heteroatoms. The first-order chi connectivity index (χ1) is 13.0. The molecule has 4 aromatic rings. The van der Waals surface area contributed by atoms with Crippen LogP contribution in [0.3, 0.4) is 0 Å². The van der Waals surface area contributed by atoms with Crippen molar-refractivity contribution in [1.82, 2.24) is 9.13 Å². The first-order valence-electron chi connectivity index (χ1n) is 7.97. The Kier molecular flexibility index (Phi) is 4.12. The highest BCUT2D eigenvalue weighted by Gasteiger charge is 2.25. The Morgan fingerprint density at radius 2 is 1.52 bits per heavy atom. The molecular formula is C20H11ClF2N2O2. The number of fused-ring (bicyclic) bond motifs is 1. The molecule has 0 saturated carbocycles. The van der Waals surface area contributed by atoms with Crippen LogP contribution in [0.4, 0.5) is 8.78 Å². The average Bonchev–Trinajstić information content (AvgIpc) is 2.95. The van der Waals surface area contributed by atoms with Gasteiger partial charge in [0.25, 0.3) is 5.91 Å². The second-order valence-electron chi connectivity index (χ2n) is 5.80. The van der Waals surface area contributed by atoms with Crippen molar-refractivity contribution in [2.24, 2.45) is 0 Å². The number of benzene rings is 3. The summed E-state index contributed by atoms with van der Waals surface area (Å²) in [5, 5.41) is -0.135. The predicted molar refractivity (Wildman–Crippen MR) is 98.6 cm³/mol. The lowest BCUT2D eigenvalue weighted by atomic mass is 10.2. The number of aromatic nitrogens is 2. The average molecular weight is 385 g/mol. The highest BCUT2D eigenvalue weighted by Crippen LogP contribution is 2.24. The molecule has 4 rings (SSSR count). The van der Waals surface area contributed by atoms with Crippen LogP contribution in [0.1, 0.15) is 10.4 Å². The van der Waals surface area contributed by atoms with Gasteiger partial charge in [-0.05, 0) is 36.4 Å². The number of carbonyl (C=O) groups is 1. The molecule has 0 aliphatic rings. The van der Waals surface area contributed by atoms with Crippen molar-refractivity contribution in [3.8, 4) is 5.69 Å². The van der Waals surface area contributed by atoms with Gasteiger partial charge >= 0.3 is 5.69 Å². The predicted octanol–water partition coefficient (Wildman–Crippen LogP) is 4.41. The standard InChI is InChI=1S/C20H11ClF2N2O2/c21-13-8-4-9-14(22)17(13)19(26)25-16-11-5-10-15(23)18(16)24(20(25)27)12-6-2-1-3-7-12/h1-11H. The molecule has 0 N–H and O–H groups in total. The van der Waals surface area contributed by atoms with Crippen LogP contribution >= 0.6 is 11.6 Å². The molecule has 0 radical (unpaired) electrons. The summed E-state index contributed by atoms with van der Waals surface area (Å²) < 4.78 is 30.6. The second-order valence-corrected chi connectivity index (χ2v) is 6.21. The van der Waals surface area contributed by atoms with Gasteiger partial charge in [-0.1, -0.05) is 41.9 Å². The van der Waals surface area contributed by atoms with E-state index in [-0.39, 0.29) is 16.1 Å². The van der Waals surface area contributed by atoms with E-state index in [0.29, 0.717) is 5.69 Å². The number of imidazole rings is 1. The monoisotopic (exact) mass is 384 g/mol. The summed E-state index contributed by atoms with van der Waals surface area (Å²) in [5.74, 6) is -2.51. The third-order valence-electron chi connectivity index (χ3n) is 4.21. The maximum absolute atomic E-state index is 14.6. The maximum Gasteiger partial charge on any atom is 0.340 e. The zero-order valence-electron chi connectivity index (χ0n) is 13.7. The first-order valence-corrected chi connectivity index (χ1v) is 8.34. The summed E-state index contributed by atoms with van der Waals surface area (Å²) >= 11 is 5.98. The van der Waals surface area contributed by atoms with Gasteiger partial charge in [-0.2, -0.15) is 0 Å². The van der Waals surface area contributed by atoms with Crippen molar-refractivity contribution >= 4 is 28.5 Å². The molecule has 0 spiro atoms. The lowest BCUT2D eigenvalue weighted by Crippen LogP contribution is -2.29. The molecule has 1 aromatic heterocycles. The van der Waals surface area contributed by atoms with Gasteiger partial charge in [-0.25, -0.2) is 18.1 Å². The fourth-order valence-electron chi connectivity index (χ4n) is 3.03. The number of para-hydroxylation sites is 2.